The third-order valence-corrected chi connectivity index (χ3v) is 5.57. The molecular weight excluding hydrogens is 308 g/mol. The van der Waals surface area contributed by atoms with Crippen molar-refractivity contribution in [2.24, 2.45) is 11.8 Å². The van der Waals surface area contributed by atoms with Crippen molar-refractivity contribution in [3.8, 4) is 0 Å². The molecule has 2 aliphatic rings. The molecule has 2 aliphatic heterocycles. The Balaban J connectivity index is 1.37. The van der Waals surface area contributed by atoms with E-state index in [-0.39, 0.29) is 5.92 Å². The average molecular weight is 328 g/mol. The first-order valence-electron chi connectivity index (χ1n) is 8.00. The minimum atomic E-state index is 0.159. The van der Waals surface area contributed by atoms with Crippen LogP contribution < -0.4 is 0 Å². The number of carbonyl (C=O) groups is 1. The SMILES string of the molecule is Cc1nc(CN2C[C@H]3CN(Cc4cccnc4)C(=O)[C@H]3C2)cs1. The molecule has 6 heteroatoms. The van der Waals surface area contributed by atoms with Crippen LogP contribution in [0.3, 0.4) is 0 Å². The number of carbonyl (C=O) groups excluding carboxylic acids is 1. The number of rotatable bonds is 4. The number of aromatic nitrogens is 2. The largest absolute Gasteiger partial charge is 0.338 e. The Morgan fingerprint density at radius 1 is 1.30 bits per heavy atom. The van der Waals surface area contributed by atoms with Gasteiger partial charge in [0, 0.05) is 56.4 Å². The number of likely N-dealkylation sites (tertiary alicyclic amines) is 2. The molecule has 2 saturated heterocycles. The van der Waals surface area contributed by atoms with E-state index in [1.807, 2.05) is 30.2 Å². The first-order valence-corrected chi connectivity index (χ1v) is 8.88. The second-order valence-electron chi connectivity index (χ2n) is 6.50. The van der Waals surface area contributed by atoms with Crippen molar-refractivity contribution in [2.45, 2.75) is 20.0 Å². The number of fused-ring (bicyclic) bond motifs is 1. The smallest absolute Gasteiger partial charge is 0.227 e. The maximum Gasteiger partial charge on any atom is 0.227 e. The van der Waals surface area contributed by atoms with Crippen molar-refractivity contribution in [3.05, 3.63) is 46.2 Å². The highest BCUT2D eigenvalue weighted by Crippen LogP contribution is 2.33. The average Bonchev–Trinajstić information content (AvgIpc) is 3.20. The summed E-state index contributed by atoms with van der Waals surface area (Å²) in [6.07, 6.45) is 3.61. The van der Waals surface area contributed by atoms with Gasteiger partial charge in [-0.1, -0.05) is 6.07 Å². The van der Waals surface area contributed by atoms with Crippen molar-refractivity contribution in [1.29, 1.82) is 0 Å². The van der Waals surface area contributed by atoms with Gasteiger partial charge < -0.3 is 4.90 Å². The summed E-state index contributed by atoms with van der Waals surface area (Å²) in [7, 11) is 0. The van der Waals surface area contributed by atoms with Crippen molar-refractivity contribution < 1.29 is 4.79 Å². The molecule has 23 heavy (non-hydrogen) atoms. The Bertz CT molecular complexity index is 702. The molecule has 0 N–H and O–H groups in total. The van der Waals surface area contributed by atoms with Crippen molar-refractivity contribution in [1.82, 2.24) is 19.8 Å². The molecule has 5 nitrogen and oxygen atoms in total. The molecule has 2 fully saturated rings. The van der Waals surface area contributed by atoms with Gasteiger partial charge in [0.1, 0.15) is 0 Å². The van der Waals surface area contributed by atoms with E-state index >= 15 is 0 Å². The lowest BCUT2D eigenvalue weighted by atomic mass is 10.0. The normalized spacial score (nSPS) is 24.4. The van der Waals surface area contributed by atoms with E-state index in [0.29, 0.717) is 18.4 Å². The number of hydrogen-bond donors (Lipinski definition) is 0. The van der Waals surface area contributed by atoms with E-state index in [9.17, 15) is 4.79 Å². The van der Waals surface area contributed by atoms with Gasteiger partial charge in [0.05, 0.1) is 16.6 Å². The molecular formula is C17H20N4OS. The van der Waals surface area contributed by atoms with Crippen LogP contribution in [0, 0.1) is 18.8 Å². The first-order chi connectivity index (χ1) is 11.2. The topological polar surface area (TPSA) is 49.3 Å². The standard InChI is InChI=1S/C17H20N4OS/c1-12-19-15(11-23-12)9-20-7-14-8-21(17(22)16(14)10-20)6-13-3-2-4-18-5-13/h2-5,11,14,16H,6-10H2,1H3/t14-,16-/m0/s1. The number of aryl methyl sites for hydroxylation is 1. The van der Waals surface area contributed by atoms with E-state index in [1.54, 1.807) is 17.5 Å². The summed E-state index contributed by atoms with van der Waals surface area (Å²) in [5.41, 5.74) is 2.24. The summed E-state index contributed by atoms with van der Waals surface area (Å²) in [6, 6.07) is 3.96. The molecule has 0 aromatic carbocycles. The lowest BCUT2D eigenvalue weighted by molar-refractivity contribution is -0.131. The fourth-order valence-electron chi connectivity index (χ4n) is 3.73. The molecule has 0 spiro atoms. The van der Waals surface area contributed by atoms with Gasteiger partial charge in [-0.2, -0.15) is 0 Å². The minimum absolute atomic E-state index is 0.159. The molecule has 0 saturated carbocycles. The van der Waals surface area contributed by atoms with E-state index in [2.05, 4.69) is 20.2 Å². The summed E-state index contributed by atoms with van der Waals surface area (Å²) >= 11 is 1.69. The van der Waals surface area contributed by atoms with Crippen LogP contribution in [-0.2, 0) is 17.9 Å². The zero-order chi connectivity index (χ0) is 15.8. The maximum atomic E-state index is 12.7. The third kappa shape index (κ3) is 3.01. The van der Waals surface area contributed by atoms with E-state index in [0.717, 1.165) is 42.4 Å². The van der Waals surface area contributed by atoms with Gasteiger partial charge >= 0.3 is 0 Å². The highest BCUT2D eigenvalue weighted by Gasteiger charge is 2.45. The molecule has 0 unspecified atom stereocenters. The van der Waals surface area contributed by atoms with Crippen LogP contribution in [0.5, 0.6) is 0 Å². The van der Waals surface area contributed by atoms with Crippen molar-refractivity contribution in [3.63, 3.8) is 0 Å². The van der Waals surface area contributed by atoms with Crippen LogP contribution in [0.25, 0.3) is 0 Å². The van der Waals surface area contributed by atoms with Crippen molar-refractivity contribution in [2.75, 3.05) is 19.6 Å². The number of amides is 1. The lowest BCUT2D eigenvalue weighted by Crippen LogP contribution is -2.32. The van der Waals surface area contributed by atoms with Crippen LogP contribution in [0.4, 0.5) is 0 Å². The maximum absolute atomic E-state index is 12.7. The first kappa shape index (κ1) is 14.8. The van der Waals surface area contributed by atoms with Crippen LogP contribution in [-0.4, -0.2) is 45.3 Å². The van der Waals surface area contributed by atoms with Gasteiger partial charge in [-0.3, -0.25) is 14.7 Å². The highest BCUT2D eigenvalue weighted by molar-refractivity contribution is 7.09. The van der Waals surface area contributed by atoms with Gasteiger partial charge in [-0.05, 0) is 18.6 Å². The fourth-order valence-corrected chi connectivity index (χ4v) is 4.33. The summed E-state index contributed by atoms with van der Waals surface area (Å²) in [4.78, 5) is 25.7. The molecule has 1 amide bonds. The molecule has 4 rings (SSSR count). The third-order valence-electron chi connectivity index (χ3n) is 4.75. The summed E-state index contributed by atoms with van der Waals surface area (Å²) < 4.78 is 0. The monoisotopic (exact) mass is 328 g/mol. The second kappa shape index (κ2) is 6.02. The Morgan fingerprint density at radius 2 is 2.22 bits per heavy atom. The van der Waals surface area contributed by atoms with E-state index < -0.39 is 0 Å². The zero-order valence-corrected chi connectivity index (χ0v) is 14.0. The van der Waals surface area contributed by atoms with Gasteiger partial charge in [0.25, 0.3) is 0 Å². The Labute approximate surface area is 140 Å². The van der Waals surface area contributed by atoms with Crippen LogP contribution in [0.15, 0.2) is 29.9 Å². The number of nitrogens with zero attached hydrogens (tertiary/aromatic N) is 4. The summed E-state index contributed by atoms with van der Waals surface area (Å²) in [5.74, 6) is 0.918. The second-order valence-corrected chi connectivity index (χ2v) is 7.56. The Morgan fingerprint density at radius 3 is 2.91 bits per heavy atom. The van der Waals surface area contributed by atoms with Gasteiger partial charge in [0.15, 0.2) is 0 Å². The van der Waals surface area contributed by atoms with Crippen LogP contribution in [0.1, 0.15) is 16.3 Å². The van der Waals surface area contributed by atoms with Gasteiger partial charge in [-0.15, -0.1) is 11.3 Å². The summed E-state index contributed by atoms with van der Waals surface area (Å²) in [6.45, 7) is 6.32. The number of thiazole rings is 1. The van der Waals surface area contributed by atoms with E-state index in [4.69, 9.17) is 0 Å². The summed E-state index contributed by atoms with van der Waals surface area (Å²) in [5, 5.41) is 3.23. The fraction of sp³-hybridized carbons (Fsp3) is 0.471. The van der Waals surface area contributed by atoms with Gasteiger partial charge in [-0.25, -0.2) is 4.98 Å². The lowest BCUT2D eigenvalue weighted by Gasteiger charge is -2.21. The molecule has 0 aliphatic carbocycles. The van der Waals surface area contributed by atoms with Crippen molar-refractivity contribution >= 4 is 17.2 Å². The minimum Gasteiger partial charge on any atom is -0.338 e. The quantitative estimate of drug-likeness (QED) is 0.861. The molecule has 2 aromatic rings. The molecule has 2 aromatic heterocycles. The number of hydrogen-bond acceptors (Lipinski definition) is 5. The molecule has 120 valence electrons. The zero-order valence-electron chi connectivity index (χ0n) is 13.2. The van der Waals surface area contributed by atoms with E-state index in [1.165, 1.54) is 0 Å². The molecule has 0 bridgehead atoms. The predicted molar refractivity (Wildman–Crippen MR) is 88.8 cm³/mol. The van der Waals surface area contributed by atoms with Gasteiger partial charge in [0.2, 0.25) is 5.91 Å². The molecule has 0 radical (unpaired) electrons. The predicted octanol–water partition coefficient (Wildman–Crippen LogP) is 1.94. The Hall–Kier alpha value is -1.79. The highest BCUT2D eigenvalue weighted by atomic mass is 32.1. The van der Waals surface area contributed by atoms with Crippen LogP contribution in [0.2, 0.25) is 0 Å². The van der Waals surface area contributed by atoms with Crippen LogP contribution >= 0.6 is 11.3 Å². The Kier molecular flexibility index (Phi) is 3.87. The molecule has 4 heterocycles. The molecule has 2 atom stereocenters. The number of pyridine rings is 1.